The van der Waals surface area contributed by atoms with Gasteiger partial charge in [0.05, 0.1) is 19.8 Å². The number of allylic oxidation sites excluding steroid dienone is 2. The van der Waals surface area contributed by atoms with Crippen molar-refractivity contribution in [1.29, 1.82) is 0 Å². The Balaban J connectivity index is 1.49. The van der Waals surface area contributed by atoms with E-state index in [-0.39, 0.29) is 37.3 Å². The summed E-state index contributed by atoms with van der Waals surface area (Å²) in [4.78, 5) is 26.1. The number of hydrogen-bond donors (Lipinski definition) is 0. The summed E-state index contributed by atoms with van der Waals surface area (Å²) < 4.78 is 50.2. The summed E-state index contributed by atoms with van der Waals surface area (Å²) in [6.45, 7) is 2.31. The molecule has 0 aromatic heterocycles. The molecule has 4 aliphatic rings. The van der Waals surface area contributed by atoms with Gasteiger partial charge in [0, 0.05) is 18.5 Å². The smallest absolute Gasteiger partial charge is 0.431 e. The number of methoxy groups -OCH3 is 1. The maximum absolute atomic E-state index is 13.3. The van der Waals surface area contributed by atoms with E-state index < -0.39 is 23.9 Å². The SMILES string of the molecule is CCOC(=O)CN1CCC2=C(C=CC(C3CC=C(OC)N4N=C(C(F)(F)F)CC34)C2)C1=O. The zero-order valence-corrected chi connectivity index (χ0v) is 18.0. The lowest BCUT2D eigenvalue weighted by Gasteiger charge is -2.40. The molecule has 7 nitrogen and oxygen atoms in total. The largest absolute Gasteiger partial charge is 0.481 e. The van der Waals surface area contributed by atoms with Crippen LogP contribution >= 0.6 is 0 Å². The fraction of sp³-hybridized carbons (Fsp3) is 0.591. The minimum Gasteiger partial charge on any atom is -0.481 e. The zero-order chi connectivity index (χ0) is 23.0. The Bertz CT molecular complexity index is 922. The first-order chi connectivity index (χ1) is 15.2. The van der Waals surface area contributed by atoms with Crippen molar-refractivity contribution >= 4 is 17.6 Å². The van der Waals surface area contributed by atoms with Crippen molar-refractivity contribution in [2.24, 2.45) is 16.9 Å². The molecule has 3 unspecified atom stereocenters. The second-order valence-corrected chi connectivity index (χ2v) is 8.33. The maximum Gasteiger partial charge on any atom is 0.431 e. The second-order valence-electron chi connectivity index (χ2n) is 8.33. The first-order valence-electron chi connectivity index (χ1n) is 10.8. The molecule has 1 aliphatic carbocycles. The molecule has 174 valence electrons. The van der Waals surface area contributed by atoms with E-state index in [0.717, 1.165) is 5.57 Å². The molecule has 1 amide bonds. The number of nitrogens with zero attached hydrogens (tertiary/aromatic N) is 3. The molecular formula is C22H26F3N3O4. The van der Waals surface area contributed by atoms with Gasteiger partial charge in [-0.1, -0.05) is 17.7 Å². The van der Waals surface area contributed by atoms with Crippen molar-refractivity contribution in [2.75, 3.05) is 26.8 Å². The van der Waals surface area contributed by atoms with Crippen LogP contribution < -0.4 is 0 Å². The summed E-state index contributed by atoms with van der Waals surface area (Å²) in [5, 5.41) is 5.18. The third kappa shape index (κ3) is 4.14. The van der Waals surface area contributed by atoms with Crippen molar-refractivity contribution in [1.82, 2.24) is 9.91 Å². The summed E-state index contributed by atoms with van der Waals surface area (Å²) in [7, 11) is 1.43. The van der Waals surface area contributed by atoms with Crippen molar-refractivity contribution in [2.45, 2.75) is 44.8 Å². The lowest BCUT2D eigenvalue weighted by molar-refractivity contribution is -0.148. The van der Waals surface area contributed by atoms with Crippen LogP contribution in [0, 0.1) is 11.8 Å². The molecule has 0 N–H and O–H groups in total. The van der Waals surface area contributed by atoms with Crippen LogP contribution in [0.1, 0.15) is 32.6 Å². The number of ether oxygens (including phenoxy) is 2. The molecule has 0 bridgehead atoms. The number of esters is 1. The van der Waals surface area contributed by atoms with Gasteiger partial charge in [0.15, 0.2) is 0 Å². The number of fused-ring (bicyclic) bond motifs is 1. The summed E-state index contributed by atoms with van der Waals surface area (Å²) in [6, 6.07) is -0.442. The first-order valence-corrected chi connectivity index (χ1v) is 10.8. The van der Waals surface area contributed by atoms with Gasteiger partial charge in [-0.15, -0.1) is 0 Å². The molecule has 3 atom stereocenters. The van der Waals surface area contributed by atoms with Gasteiger partial charge in [-0.25, -0.2) is 5.01 Å². The average Bonchev–Trinajstić information content (AvgIpc) is 3.21. The third-order valence-corrected chi connectivity index (χ3v) is 6.52. The Morgan fingerprint density at radius 1 is 1.31 bits per heavy atom. The Morgan fingerprint density at radius 3 is 2.78 bits per heavy atom. The lowest BCUT2D eigenvalue weighted by atomic mass is 9.73. The number of amides is 1. The van der Waals surface area contributed by atoms with Gasteiger partial charge in [0.1, 0.15) is 12.3 Å². The monoisotopic (exact) mass is 453 g/mol. The van der Waals surface area contributed by atoms with Crippen LogP contribution in [0.25, 0.3) is 0 Å². The highest BCUT2D eigenvalue weighted by Gasteiger charge is 2.49. The van der Waals surface area contributed by atoms with Gasteiger partial charge in [0.25, 0.3) is 5.91 Å². The Morgan fingerprint density at radius 2 is 2.09 bits per heavy atom. The third-order valence-electron chi connectivity index (χ3n) is 6.52. The van der Waals surface area contributed by atoms with Crippen molar-refractivity contribution in [3.05, 3.63) is 35.3 Å². The van der Waals surface area contributed by atoms with Crippen LogP contribution in [-0.4, -0.2) is 66.5 Å². The zero-order valence-electron chi connectivity index (χ0n) is 18.0. The van der Waals surface area contributed by atoms with Crippen LogP contribution in [0.2, 0.25) is 0 Å². The van der Waals surface area contributed by atoms with E-state index in [2.05, 4.69) is 5.10 Å². The van der Waals surface area contributed by atoms with Gasteiger partial charge in [-0.05, 0) is 44.1 Å². The van der Waals surface area contributed by atoms with Crippen LogP contribution in [0.4, 0.5) is 13.2 Å². The molecule has 3 heterocycles. The van der Waals surface area contributed by atoms with Crippen molar-refractivity contribution < 1.29 is 32.2 Å². The molecule has 0 spiro atoms. The predicted molar refractivity (Wildman–Crippen MR) is 109 cm³/mol. The number of halogens is 3. The number of rotatable bonds is 5. The molecule has 0 radical (unpaired) electrons. The predicted octanol–water partition coefficient (Wildman–Crippen LogP) is 3.15. The van der Waals surface area contributed by atoms with E-state index in [0.29, 0.717) is 37.3 Å². The number of carbonyl (C=O) groups excluding carboxylic acids is 2. The van der Waals surface area contributed by atoms with Crippen LogP contribution in [0.5, 0.6) is 0 Å². The van der Waals surface area contributed by atoms with Gasteiger partial charge >= 0.3 is 12.1 Å². The minimum atomic E-state index is -4.48. The molecule has 32 heavy (non-hydrogen) atoms. The van der Waals surface area contributed by atoms with Gasteiger partial charge < -0.3 is 14.4 Å². The van der Waals surface area contributed by atoms with E-state index in [9.17, 15) is 22.8 Å². The standard InChI is InChI=1S/C22H26F3N3O4/c1-3-32-20(29)12-27-9-8-14-10-13(4-5-16(14)21(27)30)15-6-7-19(31-2)28-17(15)11-18(26-28)22(23,24)25/h4-5,7,13,15,17H,3,6,8-12H2,1-2H3. The molecule has 0 fully saturated rings. The van der Waals surface area contributed by atoms with Crippen molar-refractivity contribution in [3.63, 3.8) is 0 Å². The highest BCUT2D eigenvalue weighted by Crippen LogP contribution is 2.44. The van der Waals surface area contributed by atoms with Gasteiger partial charge in [0.2, 0.25) is 5.88 Å². The highest BCUT2D eigenvalue weighted by molar-refractivity contribution is 5.99. The molecule has 4 rings (SSSR count). The number of hydrazone groups is 1. The summed E-state index contributed by atoms with van der Waals surface area (Å²) in [5.74, 6) is -0.400. The summed E-state index contributed by atoms with van der Waals surface area (Å²) in [5.41, 5.74) is 0.779. The fourth-order valence-electron chi connectivity index (χ4n) is 4.98. The van der Waals surface area contributed by atoms with Crippen LogP contribution in [0.3, 0.4) is 0 Å². The number of carbonyl (C=O) groups is 2. The Hall–Kier alpha value is -2.78. The van der Waals surface area contributed by atoms with Gasteiger partial charge in [-0.3, -0.25) is 9.59 Å². The van der Waals surface area contributed by atoms with Crippen molar-refractivity contribution in [3.8, 4) is 0 Å². The van der Waals surface area contributed by atoms with E-state index >= 15 is 0 Å². The van der Waals surface area contributed by atoms with Gasteiger partial charge in [-0.2, -0.15) is 18.3 Å². The molecule has 10 heteroatoms. The quantitative estimate of drug-likeness (QED) is 0.598. The molecule has 3 aliphatic heterocycles. The number of alkyl halides is 3. The van der Waals surface area contributed by atoms with E-state index in [1.807, 2.05) is 6.08 Å². The van der Waals surface area contributed by atoms with E-state index in [1.54, 1.807) is 19.1 Å². The minimum absolute atomic E-state index is 0.0110. The molecule has 0 aromatic carbocycles. The van der Waals surface area contributed by atoms with Crippen LogP contribution in [0.15, 0.2) is 40.4 Å². The fourth-order valence-corrected chi connectivity index (χ4v) is 4.98. The Labute approximate surface area is 184 Å². The second kappa shape index (κ2) is 8.63. The van der Waals surface area contributed by atoms with E-state index in [4.69, 9.17) is 9.47 Å². The average molecular weight is 453 g/mol. The lowest BCUT2D eigenvalue weighted by Crippen LogP contribution is -2.43. The molecule has 0 aromatic rings. The topological polar surface area (TPSA) is 71.4 Å². The molecule has 0 saturated carbocycles. The normalized spacial score (nSPS) is 27.7. The van der Waals surface area contributed by atoms with E-state index in [1.165, 1.54) is 17.0 Å². The first kappa shape index (κ1) is 22.4. The number of hydrogen-bond acceptors (Lipinski definition) is 6. The van der Waals surface area contributed by atoms with Crippen LogP contribution in [-0.2, 0) is 19.1 Å². The highest BCUT2D eigenvalue weighted by atomic mass is 19.4. The summed E-state index contributed by atoms with van der Waals surface area (Å²) in [6.07, 6.45) is 2.63. The molecule has 0 saturated heterocycles. The molecular weight excluding hydrogens is 427 g/mol. The maximum atomic E-state index is 13.3. The summed E-state index contributed by atoms with van der Waals surface area (Å²) >= 11 is 0. The Kier molecular flexibility index (Phi) is 6.05.